The Morgan fingerprint density at radius 3 is 3.00 bits per heavy atom. The van der Waals surface area contributed by atoms with Crippen LogP contribution >= 0.6 is 11.8 Å². The highest BCUT2D eigenvalue weighted by molar-refractivity contribution is 7.99. The van der Waals surface area contributed by atoms with Crippen molar-refractivity contribution >= 4 is 11.8 Å². The van der Waals surface area contributed by atoms with E-state index in [1.807, 2.05) is 0 Å². The summed E-state index contributed by atoms with van der Waals surface area (Å²) in [6, 6.07) is 0.405. The van der Waals surface area contributed by atoms with Crippen molar-refractivity contribution in [3.8, 4) is 0 Å². The van der Waals surface area contributed by atoms with E-state index in [-0.39, 0.29) is 0 Å². The van der Waals surface area contributed by atoms with Crippen molar-refractivity contribution < 1.29 is 0 Å². The van der Waals surface area contributed by atoms with Gasteiger partial charge in [0, 0.05) is 6.04 Å². The van der Waals surface area contributed by atoms with Gasteiger partial charge >= 0.3 is 0 Å². The number of rotatable bonds is 3. The van der Waals surface area contributed by atoms with E-state index >= 15 is 0 Å². The van der Waals surface area contributed by atoms with Crippen LogP contribution in [0.5, 0.6) is 0 Å². The van der Waals surface area contributed by atoms with Crippen molar-refractivity contribution in [1.29, 1.82) is 0 Å². The molecule has 2 N–H and O–H groups in total. The van der Waals surface area contributed by atoms with Gasteiger partial charge in [0.05, 0.1) is 0 Å². The molecule has 1 nitrogen and oxygen atoms in total. The second-order valence-corrected chi connectivity index (χ2v) is 4.79. The Hall–Kier alpha value is 0.310. The van der Waals surface area contributed by atoms with Crippen LogP contribution in [0.15, 0.2) is 0 Å². The summed E-state index contributed by atoms with van der Waals surface area (Å²) < 4.78 is 0. The van der Waals surface area contributed by atoms with Crippen molar-refractivity contribution in [1.82, 2.24) is 0 Å². The van der Waals surface area contributed by atoms with Crippen LogP contribution in [0.1, 0.15) is 32.6 Å². The molecule has 1 aliphatic rings. The van der Waals surface area contributed by atoms with E-state index in [1.54, 1.807) is 0 Å². The first-order chi connectivity index (χ1) is 5.29. The largest absolute Gasteiger partial charge is 0.328 e. The fourth-order valence-corrected chi connectivity index (χ4v) is 2.74. The first-order valence-corrected chi connectivity index (χ1v) is 5.78. The van der Waals surface area contributed by atoms with Gasteiger partial charge < -0.3 is 5.73 Å². The molecule has 2 atom stereocenters. The zero-order valence-electron chi connectivity index (χ0n) is 7.38. The van der Waals surface area contributed by atoms with Gasteiger partial charge in [-0.15, -0.1) is 0 Å². The second-order valence-electron chi connectivity index (χ2n) is 3.64. The minimum atomic E-state index is 0.405. The van der Waals surface area contributed by atoms with Gasteiger partial charge in [0.2, 0.25) is 0 Å². The van der Waals surface area contributed by atoms with Crippen molar-refractivity contribution in [3.63, 3.8) is 0 Å². The topological polar surface area (TPSA) is 26.0 Å². The zero-order valence-corrected chi connectivity index (χ0v) is 8.20. The van der Waals surface area contributed by atoms with Gasteiger partial charge in [0.15, 0.2) is 0 Å². The minimum Gasteiger partial charge on any atom is -0.328 e. The molecule has 0 bridgehead atoms. The number of hydrogen-bond donors (Lipinski definition) is 1. The number of nitrogens with two attached hydrogens (primary N) is 1. The van der Waals surface area contributed by atoms with Crippen LogP contribution < -0.4 is 5.73 Å². The highest BCUT2D eigenvalue weighted by Gasteiger charge is 2.13. The lowest BCUT2D eigenvalue weighted by atomic mass is 9.98. The van der Waals surface area contributed by atoms with Crippen LogP contribution in [0.4, 0.5) is 0 Å². The second kappa shape index (κ2) is 5.04. The highest BCUT2D eigenvalue weighted by atomic mass is 32.2. The van der Waals surface area contributed by atoms with E-state index in [0.29, 0.717) is 6.04 Å². The van der Waals surface area contributed by atoms with Crippen LogP contribution in [0.3, 0.4) is 0 Å². The lowest BCUT2D eigenvalue weighted by Gasteiger charge is -2.21. The maximum absolute atomic E-state index is 5.70. The normalized spacial score (nSPS) is 28.4. The number of thioether (sulfide) groups is 1. The molecule has 0 aromatic heterocycles. The monoisotopic (exact) mass is 173 g/mol. The average molecular weight is 173 g/mol. The summed E-state index contributed by atoms with van der Waals surface area (Å²) in [6.07, 6.45) is 5.43. The lowest BCUT2D eigenvalue weighted by molar-refractivity contribution is 0.448. The molecule has 11 heavy (non-hydrogen) atoms. The maximum atomic E-state index is 5.70. The summed E-state index contributed by atoms with van der Waals surface area (Å²) in [5, 5.41) is 0. The summed E-state index contributed by atoms with van der Waals surface area (Å²) in [5.41, 5.74) is 5.70. The predicted octanol–water partition coefficient (Wildman–Crippen LogP) is 2.26. The van der Waals surface area contributed by atoms with Gasteiger partial charge in [-0.2, -0.15) is 11.8 Å². The molecule has 1 rings (SSSR count). The molecule has 1 heterocycles. The van der Waals surface area contributed by atoms with E-state index in [9.17, 15) is 0 Å². The molecular weight excluding hydrogens is 154 g/mol. The summed E-state index contributed by atoms with van der Waals surface area (Å²) >= 11 is 2.11. The first-order valence-electron chi connectivity index (χ1n) is 4.62. The Bertz CT molecular complexity index is 97.7. The minimum absolute atomic E-state index is 0.405. The molecule has 1 aliphatic heterocycles. The molecule has 0 saturated carbocycles. The summed E-state index contributed by atoms with van der Waals surface area (Å²) in [4.78, 5) is 0. The molecule has 1 saturated heterocycles. The third-order valence-electron chi connectivity index (χ3n) is 2.28. The van der Waals surface area contributed by atoms with Gasteiger partial charge in [-0.25, -0.2) is 0 Å². The smallest absolute Gasteiger partial charge is 0.00105 e. The third kappa shape index (κ3) is 4.02. The van der Waals surface area contributed by atoms with E-state index in [0.717, 1.165) is 5.92 Å². The Kier molecular flexibility index (Phi) is 4.31. The molecule has 2 heteroatoms. The third-order valence-corrected chi connectivity index (χ3v) is 3.57. The molecule has 1 fully saturated rings. The predicted molar refractivity (Wildman–Crippen MR) is 52.9 cm³/mol. The highest BCUT2D eigenvalue weighted by Crippen LogP contribution is 2.26. The van der Waals surface area contributed by atoms with Gasteiger partial charge in [-0.05, 0) is 50.0 Å². The maximum Gasteiger partial charge on any atom is 0.00105 e. The summed E-state index contributed by atoms with van der Waals surface area (Å²) in [7, 11) is 0. The summed E-state index contributed by atoms with van der Waals surface area (Å²) in [5.74, 6) is 3.74. The van der Waals surface area contributed by atoms with Crippen molar-refractivity contribution in [3.05, 3.63) is 0 Å². The van der Waals surface area contributed by atoms with Gasteiger partial charge in [-0.3, -0.25) is 0 Å². The quantitative estimate of drug-likeness (QED) is 0.708. The Morgan fingerprint density at radius 2 is 2.45 bits per heavy atom. The molecule has 66 valence electrons. The van der Waals surface area contributed by atoms with Gasteiger partial charge in [0.1, 0.15) is 0 Å². The molecule has 0 amide bonds. The summed E-state index contributed by atoms with van der Waals surface area (Å²) in [6.45, 7) is 2.11. The number of hydrogen-bond acceptors (Lipinski definition) is 2. The fraction of sp³-hybridized carbons (Fsp3) is 1.00. The van der Waals surface area contributed by atoms with Crippen LogP contribution in [0.25, 0.3) is 0 Å². The van der Waals surface area contributed by atoms with Crippen molar-refractivity contribution in [2.45, 2.75) is 38.6 Å². The Labute approximate surface area is 74.1 Å². The lowest BCUT2D eigenvalue weighted by Crippen LogP contribution is -2.18. The molecule has 0 aromatic rings. The molecule has 0 spiro atoms. The van der Waals surface area contributed by atoms with Gasteiger partial charge in [-0.1, -0.05) is 0 Å². The van der Waals surface area contributed by atoms with Crippen LogP contribution in [0, 0.1) is 5.92 Å². The fourth-order valence-electron chi connectivity index (χ4n) is 1.53. The Morgan fingerprint density at radius 1 is 1.64 bits per heavy atom. The molecule has 0 radical (unpaired) electrons. The van der Waals surface area contributed by atoms with E-state index in [2.05, 4.69) is 18.7 Å². The average Bonchev–Trinajstić information content (AvgIpc) is 2.03. The van der Waals surface area contributed by atoms with Crippen molar-refractivity contribution in [2.24, 2.45) is 11.7 Å². The molecule has 0 aliphatic carbocycles. The van der Waals surface area contributed by atoms with Crippen LogP contribution in [-0.4, -0.2) is 17.5 Å². The standard InChI is InChI=1S/C9H19NS/c1-8(10)4-5-9-3-2-6-11-7-9/h8-9H,2-7,10H2,1H3/t8-,9?/m0/s1. The van der Waals surface area contributed by atoms with E-state index in [1.165, 1.54) is 37.2 Å². The van der Waals surface area contributed by atoms with E-state index < -0.39 is 0 Å². The van der Waals surface area contributed by atoms with E-state index in [4.69, 9.17) is 5.73 Å². The molecule has 0 aromatic carbocycles. The Balaban J connectivity index is 2.05. The van der Waals surface area contributed by atoms with Crippen molar-refractivity contribution in [2.75, 3.05) is 11.5 Å². The molecular formula is C9H19NS. The first kappa shape index (κ1) is 9.40. The van der Waals surface area contributed by atoms with Gasteiger partial charge in [0.25, 0.3) is 0 Å². The van der Waals surface area contributed by atoms with Crippen LogP contribution in [0.2, 0.25) is 0 Å². The molecule has 1 unspecified atom stereocenters. The van der Waals surface area contributed by atoms with Crippen LogP contribution in [-0.2, 0) is 0 Å². The SMILES string of the molecule is C[C@H](N)CCC1CCCSC1. The zero-order chi connectivity index (χ0) is 8.10.